The van der Waals surface area contributed by atoms with E-state index in [-0.39, 0.29) is 18.5 Å². The Balaban J connectivity index is 1.44. The van der Waals surface area contributed by atoms with Crippen molar-refractivity contribution < 1.29 is 14.3 Å². The molecule has 0 saturated heterocycles. The first-order valence-electron chi connectivity index (χ1n) is 8.63. The first kappa shape index (κ1) is 15.8. The van der Waals surface area contributed by atoms with Gasteiger partial charge in [0.25, 0.3) is 0 Å². The zero-order valence-electron chi connectivity index (χ0n) is 14.2. The lowest BCUT2D eigenvalue weighted by atomic mass is 9.90. The van der Waals surface area contributed by atoms with Crippen molar-refractivity contribution in [2.24, 2.45) is 0 Å². The predicted molar refractivity (Wildman–Crippen MR) is 96.9 cm³/mol. The van der Waals surface area contributed by atoms with Crippen LogP contribution in [0.3, 0.4) is 0 Å². The van der Waals surface area contributed by atoms with Gasteiger partial charge in [-0.3, -0.25) is 4.79 Å². The molecule has 0 spiro atoms. The van der Waals surface area contributed by atoms with E-state index in [2.05, 4.69) is 23.2 Å². The maximum Gasteiger partial charge on any atom is 0.310 e. The normalized spacial score (nSPS) is 16.4. The highest BCUT2D eigenvalue weighted by Crippen LogP contribution is 2.26. The highest BCUT2D eigenvalue weighted by Gasteiger charge is 2.22. The van der Waals surface area contributed by atoms with E-state index in [1.165, 1.54) is 11.1 Å². The first-order chi connectivity index (χ1) is 12.2. The molecule has 1 heterocycles. The number of ether oxygens (including phenoxy) is 2. The Hall–Kier alpha value is -2.75. The summed E-state index contributed by atoms with van der Waals surface area (Å²) in [4.78, 5) is 15.6. The Morgan fingerprint density at radius 1 is 1.20 bits per heavy atom. The number of carbonyl (C=O) groups excluding carboxylic acids is 1. The Labute approximate surface area is 146 Å². The van der Waals surface area contributed by atoms with Crippen LogP contribution in [0, 0.1) is 0 Å². The molecular weight excluding hydrogens is 314 g/mol. The zero-order chi connectivity index (χ0) is 17.2. The van der Waals surface area contributed by atoms with Gasteiger partial charge in [0.05, 0.1) is 13.5 Å². The summed E-state index contributed by atoms with van der Waals surface area (Å²) in [6, 6.07) is 14.2. The van der Waals surface area contributed by atoms with Crippen molar-refractivity contribution in [3.05, 3.63) is 65.4 Å². The summed E-state index contributed by atoms with van der Waals surface area (Å²) in [6.07, 6.45) is 4.79. The fourth-order valence-electron chi connectivity index (χ4n) is 3.58. The lowest BCUT2D eigenvalue weighted by Gasteiger charge is -2.24. The van der Waals surface area contributed by atoms with Crippen molar-refractivity contribution in [2.45, 2.75) is 31.8 Å². The average molecular weight is 335 g/mol. The molecular formula is C21H21NO3. The fourth-order valence-corrected chi connectivity index (χ4v) is 3.58. The predicted octanol–water partition coefficient (Wildman–Crippen LogP) is 3.82. The number of H-pyrrole nitrogens is 1. The van der Waals surface area contributed by atoms with Crippen molar-refractivity contribution in [3.63, 3.8) is 0 Å². The molecule has 0 fully saturated rings. The number of carbonyl (C=O) groups is 1. The Morgan fingerprint density at radius 2 is 2.04 bits per heavy atom. The quantitative estimate of drug-likeness (QED) is 0.738. The van der Waals surface area contributed by atoms with E-state index in [1.807, 2.05) is 30.5 Å². The molecule has 4 heteroatoms. The van der Waals surface area contributed by atoms with Gasteiger partial charge in [0.2, 0.25) is 0 Å². The summed E-state index contributed by atoms with van der Waals surface area (Å²) in [5.41, 5.74) is 4.60. The number of hydrogen-bond donors (Lipinski definition) is 1. The van der Waals surface area contributed by atoms with Crippen molar-refractivity contribution in [1.29, 1.82) is 0 Å². The van der Waals surface area contributed by atoms with Gasteiger partial charge in [0.15, 0.2) is 0 Å². The molecule has 0 amide bonds. The Bertz CT molecular complexity index is 912. The van der Waals surface area contributed by atoms with Crippen LogP contribution in [0.1, 0.15) is 23.1 Å². The Morgan fingerprint density at radius 3 is 2.88 bits per heavy atom. The first-order valence-corrected chi connectivity index (χ1v) is 8.63. The molecule has 2 aromatic carbocycles. The second-order valence-corrected chi connectivity index (χ2v) is 6.53. The van der Waals surface area contributed by atoms with Crippen LogP contribution in [0.15, 0.2) is 48.7 Å². The highest BCUT2D eigenvalue weighted by atomic mass is 16.5. The lowest BCUT2D eigenvalue weighted by Crippen LogP contribution is -2.26. The van der Waals surface area contributed by atoms with Crippen LogP contribution in [-0.4, -0.2) is 24.2 Å². The van der Waals surface area contributed by atoms with Gasteiger partial charge in [0.1, 0.15) is 11.9 Å². The molecule has 0 bridgehead atoms. The summed E-state index contributed by atoms with van der Waals surface area (Å²) >= 11 is 0. The van der Waals surface area contributed by atoms with Crippen molar-refractivity contribution >= 4 is 16.9 Å². The maximum absolute atomic E-state index is 12.4. The maximum atomic E-state index is 12.4. The van der Waals surface area contributed by atoms with E-state index in [0.29, 0.717) is 0 Å². The monoisotopic (exact) mass is 335 g/mol. The smallest absolute Gasteiger partial charge is 0.310 e. The molecule has 1 unspecified atom stereocenters. The van der Waals surface area contributed by atoms with Crippen molar-refractivity contribution in [3.8, 4) is 5.75 Å². The molecule has 0 saturated carbocycles. The molecule has 3 aromatic rings. The van der Waals surface area contributed by atoms with Crippen LogP contribution in [0.5, 0.6) is 5.75 Å². The van der Waals surface area contributed by atoms with Crippen molar-refractivity contribution in [2.75, 3.05) is 7.11 Å². The van der Waals surface area contributed by atoms with Crippen molar-refractivity contribution in [1.82, 2.24) is 4.98 Å². The van der Waals surface area contributed by atoms with Gasteiger partial charge in [-0.1, -0.05) is 24.3 Å². The van der Waals surface area contributed by atoms with E-state index in [0.717, 1.165) is 41.5 Å². The number of nitrogens with one attached hydrogen (secondary N) is 1. The zero-order valence-corrected chi connectivity index (χ0v) is 14.2. The van der Waals surface area contributed by atoms with Crippen LogP contribution in [0.25, 0.3) is 10.9 Å². The van der Waals surface area contributed by atoms with Gasteiger partial charge >= 0.3 is 5.97 Å². The largest absolute Gasteiger partial charge is 0.497 e. The highest BCUT2D eigenvalue weighted by molar-refractivity contribution is 5.88. The number of aromatic amines is 1. The third-order valence-electron chi connectivity index (χ3n) is 4.91. The van der Waals surface area contributed by atoms with E-state index in [9.17, 15) is 4.79 Å². The number of fused-ring (bicyclic) bond motifs is 2. The van der Waals surface area contributed by atoms with Crippen LogP contribution in [-0.2, 0) is 28.8 Å². The fraction of sp³-hybridized carbons (Fsp3) is 0.286. The molecule has 1 N–H and O–H groups in total. The SMILES string of the molecule is COc1ccc2[nH]cc(CC(=O)OC3CCc4ccccc4C3)c2c1. The third-order valence-corrected chi connectivity index (χ3v) is 4.91. The van der Waals surface area contributed by atoms with Gasteiger partial charge in [-0.15, -0.1) is 0 Å². The van der Waals surface area contributed by atoms with Gasteiger partial charge < -0.3 is 14.5 Å². The summed E-state index contributed by atoms with van der Waals surface area (Å²) in [5.74, 6) is 0.610. The molecule has 128 valence electrons. The summed E-state index contributed by atoms with van der Waals surface area (Å²) in [7, 11) is 1.64. The topological polar surface area (TPSA) is 51.3 Å². The summed E-state index contributed by atoms with van der Waals surface area (Å²) < 4.78 is 11.0. The second kappa shape index (κ2) is 6.63. The van der Waals surface area contributed by atoms with E-state index < -0.39 is 0 Å². The molecule has 1 atom stereocenters. The van der Waals surface area contributed by atoms with E-state index >= 15 is 0 Å². The van der Waals surface area contributed by atoms with Crippen LogP contribution in [0.2, 0.25) is 0 Å². The Kier molecular flexibility index (Phi) is 4.18. The lowest BCUT2D eigenvalue weighted by molar-refractivity contribution is -0.148. The van der Waals surface area contributed by atoms with E-state index in [4.69, 9.17) is 9.47 Å². The number of hydrogen-bond acceptors (Lipinski definition) is 3. The number of aromatic nitrogens is 1. The second-order valence-electron chi connectivity index (χ2n) is 6.53. The molecule has 1 aliphatic carbocycles. The standard InChI is InChI=1S/C21H21NO3/c1-24-17-8-9-20-19(12-17)16(13-22-20)11-21(23)25-18-7-6-14-4-2-3-5-15(14)10-18/h2-5,8-9,12-13,18,22H,6-7,10-11H2,1H3. The van der Waals surface area contributed by atoms with Crippen LogP contribution < -0.4 is 4.74 Å². The number of esters is 1. The van der Waals surface area contributed by atoms with Crippen LogP contribution in [0.4, 0.5) is 0 Å². The van der Waals surface area contributed by atoms with Gasteiger partial charge in [-0.25, -0.2) is 0 Å². The molecule has 1 aromatic heterocycles. The van der Waals surface area contributed by atoms with Crippen LogP contribution >= 0.6 is 0 Å². The molecule has 1 aliphatic rings. The van der Waals surface area contributed by atoms with Gasteiger partial charge in [-0.2, -0.15) is 0 Å². The number of aryl methyl sites for hydroxylation is 1. The number of methoxy groups -OCH3 is 1. The van der Waals surface area contributed by atoms with E-state index in [1.54, 1.807) is 7.11 Å². The summed E-state index contributed by atoms with van der Waals surface area (Å²) in [5, 5.41) is 1.00. The average Bonchev–Trinajstić information content (AvgIpc) is 3.03. The molecule has 0 radical (unpaired) electrons. The van der Waals surface area contributed by atoms with Gasteiger partial charge in [0, 0.05) is 23.5 Å². The summed E-state index contributed by atoms with van der Waals surface area (Å²) in [6.45, 7) is 0. The minimum Gasteiger partial charge on any atom is -0.497 e. The molecule has 25 heavy (non-hydrogen) atoms. The molecule has 4 nitrogen and oxygen atoms in total. The minimum atomic E-state index is -0.173. The third kappa shape index (κ3) is 3.25. The number of rotatable bonds is 4. The molecule has 0 aliphatic heterocycles. The minimum absolute atomic E-state index is 0.0258. The van der Waals surface area contributed by atoms with Gasteiger partial charge in [-0.05, 0) is 47.7 Å². The molecule has 4 rings (SSSR count). The number of benzene rings is 2.